The summed E-state index contributed by atoms with van der Waals surface area (Å²) < 4.78 is 5.66. The highest BCUT2D eigenvalue weighted by Gasteiger charge is 2.20. The van der Waals surface area contributed by atoms with Gasteiger partial charge in [0.15, 0.2) is 17.3 Å². The standard InChI is InChI=1S/C13H17N5O/c1-9-3-4-11(19-9)12-13(15-10(2)16-17-12)18-7-5-14-6-8-18/h3-4,14H,5-8H2,1-2H3. The van der Waals surface area contributed by atoms with Crippen LogP contribution in [0.5, 0.6) is 0 Å². The minimum atomic E-state index is 0.681. The third-order valence-electron chi connectivity index (χ3n) is 3.16. The molecule has 6 heteroatoms. The van der Waals surface area contributed by atoms with Crippen LogP contribution < -0.4 is 10.2 Å². The Hall–Kier alpha value is -1.95. The molecule has 2 aromatic heterocycles. The maximum absolute atomic E-state index is 5.66. The second kappa shape index (κ2) is 4.97. The Kier molecular flexibility index (Phi) is 3.16. The van der Waals surface area contributed by atoms with Crippen molar-refractivity contribution in [2.45, 2.75) is 13.8 Å². The highest BCUT2D eigenvalue weighted by molar-refractivity contribution is 5.68. The van der Waals surface area contributed by atoms with Gasteiger partial charge in [-0.25, -0.2) is 4.98 Å². The third kappa shape index (κ3) is 2.44. The van der Waals surface area contributed by atoms with Crippen molar-refractivity contribution in [2.24, 2.45) is 0 Å². The maximum Gasteiger partial charge on any atom is 0.171 e. The first-order valence-corrected chi connectivity index (χ1v) is 6.48. The maximum atomic E-state index is 5.66. The van der Waals surface area contributed by atoms with E-state index in [1.54, 1.807) is 0 Å². The number of aromatic nitrogens is 3. The molecule has 1 aliphatic rings. The SMILES string of the molecule is Cc1nnc(-c2ccc(C)o2)c(N2CCNCC2)n1. The van der Waals surface area contributed by atoms with E-state index in [0.717, 1.165) is 49.2 Å². The summed E-state index contributed by atoms with van der Waals surface area (Å²) in [6.07, 6.45) is 0. The summed E-state index contributed by atoms with van der Waals surface area (Å²) in [6, 6.07) is 3.85. The molecule has 0 amide bonds. The van der Waals surface area contributed by atoms with Crippen LogP contribution in [0, 0.1) is 13.8 Å². The van der Waals surface area contributed by atoms with E-state index in [-0.39, 0.29) is 0 Å². The number of hydrogen-bond acceptors (Lipinski definition) is 6. The fraction of sp³-hybridized carbons (Fsp3) is 0.462. The van der Waals surface area contributed by atoms with Gasteiger partial charge >= 0.3 is 0 Å². The molecule has 6 nitrogen and oxygen atoms in total. The Balaban J connectivity index is 2.03. The number of rotatable bonds is 2. The monoisotopic (exact) mass is 259 g/mol. The van der Waals surface area contributed by atoms with E-state index in [1.807, 2.05) is 26.0 Å². The first-order valence-electron chi connectivity index (χ1n) is 6.48. The average Bonchev–Trinajstić information content (AvgIpc) is 2.86. The molecule has 1 fully saturated rings. The molecule has 3 rings (SSSR count). The minimum absolute atomic E-state index is 0.681. The van der Waals surface area contributed by atoms with Crippen molar-refractivity contribution in [3.63, 3.8) is 0 Å². The first-order chi connectivity index (χ1) is 9.24. The Labute approximate surface area is 111 Å². The van der Waals surface area contributed by atoms with E-state index in [2.05, 4.69) is 25.4 Å². The lowest BCUT2D eigenvalue weighted by atomic mass is 10.2. The molecule has 0 aromatic carbocycles. The first kappa shape index (κ1) is 12.1. The zero-order valence-electron chi connectivity index (χ0n) is 11.2. The lowest BCUT2D eigenvalue weighted by molar-refractivity contribution is 0.542. The van der Waals surface area contributed by atoms with Crippen molar-refractivity contribution in [1.29, 1.82) is 0 Å². The van der Waals surface area contributed by atoms with Gasteiger partial charge in [0.25, 0.3) is 0 Å². The van der Waals surface area contributed by atoms with Crippen LogP contribution in [0.15, 0.2) is 16.5 Å². The number of anilines is 1. The molecule has 19 heavy (non-hydrogen) atoms. The van der Waals surface area contributed by atoms with Crippen molar-refractivity contribution in [1.82, 2.24) is 20.5 Å². The van der Waals surface area contributed by atoms with E-state index in [4.69, 9.17) is 4.42 Å². The van der Waals surface area contributed by atoms with Crippen LogP contribution in [0.4, 0.5) is 5.82 Å². The lowest BCUT2D eigenvalue weighted by Gasteiger charge is -2.29. The van der Waals surface area contributed by atoms with E-state index < -0.39 is 0 Å². The highest BCUT2D eigenvalue weighted by Crippen LogP contribution is 2.28. The van der Waals surface area contributed by atoms with Crippen LogP contribution >= 0.6 is 0 Å². The number of aryl methyl sites for hydroxylation is 2. The van der Waals surface area contributed by atoms with Gasteiger partial charge in [0.2, 0.25) is 0 Å². The van der Waals surface area contributed by atoms with Gasteiger partial charge < -0.3 is 14.6 Å². The predicted molar refractivity (Wildman–Crippen MR) is 72.1 cm³/mol. The molecule has 0 saturated carbocycles. The summed E-state index contributed by atoms with van der Waals surface area (Å²) in [4.78, 5) is 6.77. The van der Waals surface area contributed by atoms with Crippen LogP contribution in [0.1, 0.15) is 11.6 Å². The Morgan fingerprint density at radius 3 is 2.63 bits per heavy atom. The number of nitrogens with one attached hydrogen (secondary N) is 1. The Morgan fingerprint density at radius 1 is 1.16 bits per heavy atom. The second-order valence-electron chi connectivity index (χ2n) is 4.68. The fourth-order valence-electron chi connectivity index (χ4n) is 2.21. The van der Waals surface area contributed by atoms with E-state index in [1.165, 1.54) is 0 Å². The highest BCUT2D eigenvalue weighted by atomic mass is 16.3. The molecular weight excluding hydrogens is 242 g/mol. The largest absolute Gasteiger partial charge is 0.460 e. The predicted octanol–water partition coefficient (Wildman–Crippen LogP) is 1.16. The number of hydrogen-bond donors (Lipinski definition) is 1. The van der Waals surface area contributed by atoms with Crippen molar-refractivity contribution in [3.8, 4) is 11.5 Å². The molecule has 0 bridgehead atoms. The molecule has 100 valence electrons. The normalized spacial score (nSPS) is 15.8. The zero-order valence-corrected chi connectivity index (χ0v) is 11.2. The summed E-state index contributed by atoms with van der Waals surface area (Å²) >= 11 is 0. The third-order valence-corrected chi connectivity index (χ3v) is 3.16. The molecule has 0 atom stereocenters. The molecule has 1 N–H and O–H groups in total. The van der Waals surface area contributed by atoms with Crippen molar-refractivity contribution in [3.05, 3.63) is 23.7 Å². The molecule has 0 aliphatic carbocycles. The Morgan fingerprint density at radius 2 is 1.95 bits per heavy atom. The van der Waals surface area contributed by atoms with Crippen LogP contribution in [-0.2, 0) is 0 Å². The average molecular weight is 259 g/mol. The summed E-state index contributed by atoms with van der Waals surface area (Å²) in [7, 11) is 0. The van der Waals surface area contributed by atoms with Crippen molar-refractivity contribution >= 4 is 5.82 Å². The second-order valence-corrected chi connectivity index (χ2v) is 4.68. The summed E-state index contributed by atoms with van der Waals surface area (Å²) in [5.74, 6) is 3.14. The van der Waals surface area contributed by atoms with E-state index in [9.17, 15) is 0 Å². The molecule has 0 unspecified atom stereocenters. The zero-order chi connectivity index (χ0) is 13.2. The fourth-order valence-corrected chi connectivity index (χ4v) is 2.21. The van der Waals surface area contributed by atoms with Crippen molar-refractivity contribution < 1.29 is 4.42 Å². The topological polar surface area (TPSA) is 67.1 Å². The Bertz CT molecular complexity index is 574. The molecule has 2 aromatic rings. The van der Waals surface area contributed by atoms with Gasteiger partial charge in [-0.3, -0.25) is 0 Å². The molecule has 1 saturated heterocycles. The summed E-state index contributed by atoms with van der Waals surface area (Å²) in [5, 5.41) is 11.7. The van der Waals surface area contributed by atoms with Gasteiger partial charge in [-0.2, -0.15) is 0 Å². The van der Waals surface area contributed by atoms with Crippen molar-refractivity contribution in [2.75, 3.05) is 31.1 Å². The summed E-state index contributed by atoms with van der Waals surface area (Å²) in [6.45, 7) is 7.54. The van der Waals surface area contributed by atoms with Gasteiger partial charge in [0, 0.05) is 26.2 Å². The summed E-state index contributed by atoms with van der Waals surface area (Å²) in [5.41, 5.74) is 0.723. The molecule has 3 heterocycles. The van der Waals surface area contributed by atoms with Crippen LogP contribution in [0.25, 0.3) is 11.5 Å². The molecular formula is C13H17N5O. The number of furan rings is 1. The van der Waals surface area contributed by atoms with E-state index in [0.29, 0.717) is 5.82 Å². The van der Waals surface area contributed by atoms with Gasteiger partial charge in [-0.15, -0.1) is 10.2 Å². The van der Waals surface area contributed by atoms with Gasteiger partial charge in [0.05, 0.1) is 0 Å². The van der Waals surface area contributed by atoms with Crippen LogP contribution in [-0.4, -0.2) is 41.4 Å². The minimum Gasteiger partial charge on any atom is -0.460 e. The van der Waals surface area contributed by atoms with E-state index >= 15 is 0 Å². The lowest BCUT2D eigenvalue weighted by Crippen LogP contribution is -2.44. The number of nitrogens with zero attached hydrogens (tertiary/aromatic N) is 4. The molecule has 0 spiro atoms. The molecule has 1 aliphatic heterocycles. The molecule has 0 radical (unpaired) electrons. The number of piperazine rings is 1. The van der Waals surface area contributed by atoms with Gasteiger partial charge in [-0.1, -0.05) is 0 Å². The quantitative estimate of drug-likeness (QED) is 0.873. The van der Waals surface area contributed by atoms with Gasteiger partial charge in [-0.05, 0) is 26.0 Å². The van der Waals surface area contributed by atoms with Gasteiger partial charge in [0.1, 0.15) is 11.6 Å². The van der Waals surface area contributed by atoms with Crippen LogP contribution in [0.2, 0.25) is 0 Å². The smallest absolute Gasteiger partial charge is 0.171 e. The van der Waals surface area contributed by atoms with Crippen LogP contribution in [0.3, 0.4) is 0 Å².